The summed E-state index contributed by atoms with van der Waals surface area (Å²) in [6.07, 6.45) is 2.08. The van der Waals surface area contributed by atoms with Crippen LogP contribution in [0.5, 0.6) is 17.6 Å². The lowest BCUT2D eigenvalue weighted by atomic mass is 9.81. The van der Waals surface area contributed by atoms with Gasteiger partial charge in [0.2, 0.25) is 17.7 Å². The predicted molar refractivity (Wildman–Crippen MR) is 311 cm³/mol. The molecule has 3 N–H and O–H groups in total. The number of piperidine rings is 1. The fraction of sp³-hybridized carbons (Fsp3) is 0.410. The van der Waals surface area contributed by atoms with Crippen LogP contribution in [0.3, 0.4) is 0 Å². The molecule has 0 radical (unpaired) electrons. The van der Waals surface area contributed by atoms with Gasteiger partial charge in [0.25, 0.3) is 5.88 Å². The zero-order valence-electron chi connectivity index (χ0n) is 46.5. The average Bonchev–Trinajstić information content (AvgIpc) is 3.19. The number of aromatic hydroxyl groups is 1. The van der Waals surface area contributed by atoms with E-state index in [0.29, 0.717) is 53.0 Å². The molecule has 7 aromatic rings. The van der Waals surface area contributed by atoms with E-state index in [0.717, 1.165) is 47.6 Å². The van der Waals surface area contributed by atoms with Crippen molar-refractivity contribution in [3.05, 3.63) is 119 Å². The highest BCUT2D eigenvalue weighted by molar-refractivity contribution is 7.13. The number of hydrogen-bond donors (Lipinski definition) is 3. The molecule has 4 aromatic carbocycles. The van der Waals surface area contributed by atoms with Crippen LogP contribution in [0, 0.1) is 35.4 Å². The normalized spacial score (nSPS) is 19.1. The molecule has 0 saturated carbocycles. The third-order valence-corrected chi connectivity index (χ3v) is 17.5. The number of hydrogen-bond acceptors (Lipinski definition) is 16. The number of anilines is 1. The molecule has 3 aromatic heterocycles. The topological polar surface area (TPSA) is 224 Å². The SMILES string of the molecule is C=CC(=O)N1CCN(c2nc(OCCN3CCC(C)(COc4cc([C@@H](C(=O)N5C[C@H](O)C[C@H]5C(=O)N[C@@H](C)c5ccc(-c6scnc6C)cc5)C(C)C)on4)CC3)nc3c(F)c(-c4cc(O)cc5ccccc45)c(Cl)cc23)C[C@@H]1CC#N. The second kappa shape index (κ2) is 24.4. The number of aryl methyl sites for hydroxylation is 1. The first-order valence-corrected chi connectivity index (χ1v) is 28.9. The lowest BCUT2D eigenvalue weighted by Crippen LogP contribution is -2.55. The summed E-state index contributed by atoms with van der Waals surface area (Å²) in [4.78, 5) is 63.2. The largest absolute Gasteiger partial charge is 0.508 e. The average molecular weight is 1150 g/mol. The number of nitrogens with one attached hydrogen (secondary N) is 1. The van der Waals surface area contributed by atoms with Crippen LogP contribution in [-0.2, 0) is 14.4 Å². The standard InChI is InChI=1S/C61H66ClFN10O8S/c1-7-51(76)72-23-22-71(31-41(72)16-19-64)57-46-29-47(62)53(45-27-42(74)26-40-10-8-9-11-44(40)45)54(63)55(46)67-60(68-57)79-25-24-70-20-17-61(6,18-21-70)33-80-50-30-49(81-69-50)52(35(2)3)59(78)73-32-43(75)28-48(73)58(77)66-36(4)38-12-14-39(15-13-38)56-37(5)65-34-82-56/h7-15,26-27,29-30,34-36,41,43,48,52,74-75H,1,16-18,20-25,28,31-33H2,2-6H3,(H,66,77)/t36-,41-,43+,48-,52-/m0/s1. The lowest BCUT2D eigenvalue weighted by Gasteiger charge is -2.41. The Balaban J connectivity index is 0.775. The molecule has 18 nitrogen and oxygen atoms in total. The van der Waals surface area contributed by atoms with Crippen LogP contribution < -0.4 is 19.7 Å². The highest BCUT2D eigenvalue weighted by atomic mass is 35.5. The molecule has 0 spiro atoms. The van der Waals surface area contributed by atoms with Crippen molar-refractivity contribution >= 4 is 68.2 Å². The maximum atomic E-state index is 17.3. The van der Waals surface area contributed by atoms with E-state index < -0.39 is 29.9 Å². The number of nitrogens with zero attached hydrogens (tertiary/aromatic N) is 9. The summed E-state index contributed by atoms with van der Waals surface area (Å²) in [5.41, 5.74) is 4.90. The van der Waals surface area contributed by atoms with Gasteiger partial charge in [0.05, 0.1) is 58.4 Å². The highest BCUT2D eigenvalue weighted by Crippen LogP contribution is 2.43. The lowest BCUT2D eigenvalue weighted by molar-refractivity contribution is -0.141. The summed E-state index contributed by atoms with van der Waals surface area (Å²) < 4.78 is 35.6. The van der Waals surface area contributed by atoms with Crippen LogP contribution in [0.2, 0.25) is 5.02 Å². The molecule has 6 heterocycles. The number of likely N-dealkylation sites (tertiary alicyclic amines) is 2. The number of amides is 3. The second-order valence-corrected chi connectivity index (χ2v) is 23.5. The van der Waals surface area contributed by atoms with Crippen molar-refractivity contribution in [2.45, 2.75) is 90.4 Å². The van der Waals surface area contributed by atoms with Gasteiger partial charge < -0.3 is 44.2 Å². The summed E-state index contributed by atoms with van der Waals surface area (Å²) in [7, 11) is 0. The number of fused-ring (bicyclic) bond motifs is 2. The van der Waals surface area contributed by atoms with Crippen molar-refractivity contribution in [3.8, 4) is 45.3 Å². The van der Waals surface area contributed by atoms with Crippen molar-refractivity contribution < 1.29 is 43.0 Å². The van der Waals surface area contributed by atoms with E-state index in [2.05, 4.69) is 44.9 Å². The van der Waals surface area contributed by atoms with E-state index in [4.69, 9.17) is 30.6 Å². The maximum absolute atomic E-state index is 17.3. The molecule has 21 heteroatoms. The van der Waals surface area contributed by atoms with Crippen molar-refractivity contribution in [1.82, 2.24) is 40.1 Å². The number of nitriles is 1. The number of aliphatic hydroxyl groups is 1. The number of ether oxygens (including phenoxy) is 2. The van der Waals surface area contributed by atoms with Crippen LogP contribution in [0.25, 0.3) is 43.2 Å². The van der Waals surface area contributed by atoms with Gasteiger partial charge in [-0.1, -0.05) is 87.5 Å². The number of rotatable bonds is 18. The first-order valence-electron chi connectivity index (χ1n) is 27.6. The minimum absolute atomic E-state index is 0.0104. The molecule has 3 aliphatic rings. The van der Waals surface area contributed by atoms with E-state index >= 15 is 4.39 Å². The minimum Gasteiger partial charge on any atom is -0.508 e. The van der Waals surface area contributed by atoms with Crippen molar-refractivity contribution in [3.63, 3.8) is 0 Å². The van der Waals surface area contributed by atoms with Gasteiger partial charge in [-0.05, 0) is 103 Å². The van der Waals surface area contributed by atoms with E-state index in [1.807, 2.05) is 86.6 Å². The number of aliphatic hydroxyl groups excluding tert-OH is 1. The fourth-order valence-corrected chi connectivity index (χ4v) is 12.6. The molecule has 3 saturated heterocycles. The van der Waals surface area contributed by atoms with Gasteiger partial charge in [-0.2, -0.15) is 15.2 Å². The van der Waals surface area contributed by atoms with Gasteiger partial charge in [-0.15, -0.1) is 11.3 Å². The van der Waals surface area contributed by atoms with Gasteiger partial charge in [-0.25, -0.2) is 9.37 Å². The first kappa shape index (κ1) is 57.5. The molecule has 0 unspecified atom stereocenters. The van der Waals surface area contributed by atoms with E-state index in [-0.39, 0.29) is 108 Å². The van der Waals surface area contributed by atoms with E-state index in [1.54, 1.807) is 34.4 Å². The first-order chi connectivity index (χ1) is 39.4. The number of carbonyl (C=O) groups is 3. The number of piperazine rings is 1. The number of halogens is 2. The number of phenolic OH excluding ortho intramolecular Hbond substituents is 1. The van der Waals surface area contributed by atoms with Gasteiger partial charge in [0, 0.05) is 61.6 Å². The van der Waals surface area contributed by atoms with Gasteiger partial charge in [0.15, 0.2) is 11.6 Å². The van der Waals surface area contributed by atoms with Crippen LogP contribution in [0.4, 0.5) is 10.2 Å². The molecule has 82 heavy (non-hydrogen) atoms. The second-order valence-electron chi connectivity index (χ2n) is 22.3. The van der Waals surface area contributed by atoms with Gasteiger partial charge >= 0.3 is 6.01 Å². The van der Waals surface area contributed by atoms with E-state index in [1.165, 1.54) is 17.0 Å². The van der Waals surface area contributed by atoms with Crippen LogP contribution in [-0.4, -0.2) is 140 Å². The number of aromatic nitrogens is 4. The monoisotopic (exact) mass is 1150 g/mol. The fourth-order valence-electron chi connectivity index (χ4n) is 11.5. The number of phenols is 1. The Kier molecular flexibility index (Phi) is 17.1. The minimum atomic E-state index is -0.877. The number of benzene rings is 4. The van der Waals surface area contributed by atoms with Crippen LogP contribution in [0.1, 0.15) is 82.4 Å². The van der Waals surface area contributed by atoms with Crippen molar-refractivity contribution in [2.24, 2.45) is 11.3 Å². The Morgan fingerprint density at radius 3 is 2.50 bits per heavy atom. The summed E-state index contributed by atoms with van der Waals surface area (Å²) in [6.45, 7) is 16.7. The predicted octanol–water partition coefficient (Wildman–Crippen LogP) is 9.62. The molecule has 3 amide bonds. The Morgan fingerprint density at radius 2 is 1.78 bits per heavy atom. The zero-order valence-corrected chi connectivity index (χ0v) is 48.1. The Hall–Kier alpha value is -7.70. The smallest absolute Gasteiger partial charge is 0.319 e. The van der Waals surface area contributed by atoms with Crippen molar-refractivity contribution in [2.75, 3.05) is 63.9 Å². The summed E-state index contributed by atoms with van der Waals surface area (Å²) in [5.74, 6) is -1.88. The molecule has 10 rings (SSSR count). The molecule has 3 aliphatic heterocycles. The summed E-state index contributed by atoms with van der Waals surface area (Å²) >= 11 is 8.54. The molecular weight excluding hydrogens is 1090 g/mol. The quantitative estimate of drug-likeness (QED) is 0.0681. The Bertz CT molecular complexity index is 3560. The Morgan fingerprint density at radius 1 is 1.01 bits per heavy atom. The molecule has 428 valence electrons. The number of thiazole rings is 1. The molecular formula is C61H66ClFN10O8S. The molecule has 0 aliphatic carbocycles. The van der Waals surface area contributed by atoms with Gasteiger partial charge in [-0.3, -0.25) is 19.3 Å². The highest BCUT2D eigenvalue weighted by Gasteiger charge is 2.44. The van der Waals surface area contributed by atoms with Crippen molar-refractivity contribution in [1.29, 1.82) is 5.26 Å². The maximum Gasteiger partial charge on any atom is 0.319 e. The van der Waals surface area contributed by atoms with Gasteiger partial charge in [0.1, 0.15) is 35.7 Å². The molecule has 3 fully saturated rings. The summed E-state index contributed by atoms with van der Waals surface area (Å²) in [5, 5.41) is 40.3. The molecule has 5 atom stereocenters. The molecule has 0 bridgehead atoms. The van der Waals surface area contributed by atoms with Crippen LogP contribution >= 0.6 is 22.9 Å². The Labute approximate surface area is 484 Å². The third-order valence-electron chi connectivity index (χ3n) is 16.2. The van der Waals surface area contributed by atoms with E-state index in [9.17, 15) is 29.9 Å². The zero-order chi connectivity index (χ0) is 58.0. The number of carbonyl (C=O) groups excluding carboxylic acids is 3. The summed E-state index contributed by atoms with van der Waals surface area (Å²) in [6, 6.07) is 22.0. The third kappa shape index (κ3) is 12.1. The van der Waals surface area contributed by atoms with Crippen LogP contribution in [0.15, 0.2) is 95.5 Å². The number of β-amino-alcohol motifs (C(OH)–C–C–N with tert-alkyl or cyclic N) is 1.